The lowest BCUT2D eigenvalue weighted by molar-refractivity contribution is -0.143. The number of amides is 1. The van der Waals surface area contributed by atoms with Crippen LogP contribution >= 0.6 is 0 Å². The topological polar surface area (TPSA) is 188 Å². The maximum absolute atomic E-state index is 13.5. The molecular weight excluding hydrogens is 480 g/mol. The summed E-state index contributed by atoms with van der Waals surface area (Å²) in [5.41, 5.74) is 1.10. The van der Waals surface area contributed by atoms with Crippen molar-refractivity contribution in [2.45, 2.75) is 62.6 Å². The van der Waals surface area contributed by atoms with E-state index in [9.17, 15) is 29.7 Å². The second kappa shape index (κ2) is 10.0. The number of ether oxygens (including phenoxy) is 3. The number of carbonyl (C=O) groups excluding carboxylic acids is 3. The summed E-state index contributed by atoms with van der Waals surface area (Å²) in [6.45, 7) is 1.25. The van der Waals surface area contributed by atoms with Crippen molar-refractivity contribution in [1.29, 1.82) is 0 Å². The molecule has 3 unspecified atom stereocenters. The number of hydrogen-bond acceptors (Lipinski definition) is 13. The average Bonchev–Trinajstić information content (AvgIpc) is 3.54. The number of anilines is 1. The summed E-state index contributed by atoms with van der Waals surface area (Å²) in [4.78, 5) is 49.5. The van der Waals surface area contributed by atoms with Crippen LogP contribution in [0.3, 0.4) is 0 Å². The molecule has 1 aromatic rings. The number of nitrogens with one attached hydrogen (secondary N) is 1. The zero-order chi connectivity index (χ0) is 26.3. The van der Waals surface area contributed by atoms with Crippen molar-refractivity contribution in [2.75, 3.05) is 32.8 Å². The van der Waals surface area contributed by atoms with Crippen LogP contribution in [0, 0.1) is 6.92 Å². The van der Waals surface area contributed by atoms with Crippen molar-refractivity contribution in [2.24, 2.45) is 4.99 Å². The van der Waals surface area contributed by atoms with Crippen LogP contribution in [0.25, 0.3) is 0 Å². The minimum atomic E-state index is -1.33. The molecule has 4 N–H and O–H groups in total. The fourth-order valence-electron chi connectivity index (χ4n) is 4.83. The van der Waals surface area contributed by atoms with Gasteiger partial charge in [0, 0.05) is 7.05 Å². The molecular formula is C21H30N6O9. The van der Waals surface area contributed by atoms with Crippen LogP contribution in [0.15, 0.2) is 4.99 Å². The molecule has 7 atom stereocenters. The van der Waals surface area contributed by atoms with E-state index in [1.807, 2.05) is 0 Å². The molecule has 1 fully saturated rings. The van der Waals surface area contributed by atoms with Crippen LogP contribution in [-0.2, 0) is 25.4 Å². The molecule has 15 nitrogen and oxygen atoms in total. The van der Waals surface area contributed by atoms with Crippen molar-refractivity contribution in [3.05, 3.63) is 11.4 Å². The number of esters is 1. The lowest BCUT2D eigenvalue weighted by Crippen LogP contribution is -2.60. The van der Waals surface area contributed by atoms with E-state index in [2.05, 4.69) is 20.0 Å². The zero-order valence-corrected chi connectivity index (χ0v) is 20.3. The fraction of sp³-hybridized carbons (Fsp3) is 0.667. The Morgan fingerprint density at radius 3 is 2.58 bits per heavy atom. The van der Waals surface area contributed by atoms with Gasteiger partial charge < -0.3 is 44.6 Å². The smallest absolute Gasteiger partial charge is 0.407 e. The molecule has 36 heavy (non-hydrogen) atoms. The number of likely N-dealkylation sites (N-methyl/N-ethyl adjacent to an activating group) is 1. The number of imidazole rings is 1. The van der Waals surface area contributed by atoms with Crippen molar-refractivity contribution in [3.63, 3.8) is 0 Å². The number of carbonyl (C=O) groups is 3. The molecule has 0 bridgehead atoms. The Balaban J connectivity index is 1.58. The number of rotatable bonds is 7. The van der Waals surface area contributed by atoms with Gasteiger partial charge in [0.25, 0.3) is 5.91 Å². The number of nitrogens with zero attached hydrogens (tertiary/aromatic N) is 5. The molecule has 3 aliphatic rings. The monoisotopic (exact) mass is 510 g/mol. The van der Waals surface area contributed by atoms with Crippen LogP contribution in [0.1, 0.15) is 22.6 Å². The van der Waals surface area contributed by atoms with E-state index in [1.165, 1.54) is 30.0 Å². The highest BCUT2D eigenvalue weighted by molar-refractivity contribution is 5.93. The van der Waals surface area contributed by atoms with Gasteiger partial charge in [-0.05, 0) is 19.8 Å². The summed E-state index contributed by atoms with van der Waals surface area (Å²) < 4.78 is 16.4. The summed E-state index contributed by atoms with van der Waals surface area (Å²) in [5.74, 6) is -0.703. The minimum Gasteiger partial charge on any atom is -0.467 e. The molecule has 1 aromatic heterocycles. The summed E-state index contributed by atoms with van der Waals surface area (Å²) in [5, 5.41) is 32.5. The van der Waals surface area contributed by atoms with Gasteiger partial charge >= 0.3 is 12.1 Å². The lowest BCUT2D eigenvalue weighted by Gasteiger charge is -2.41. The van der Waals surface area contributed by atoms with E-state index in [-0.39, 0.29) is 18.7 Å². The van der Waals surface area contributed by atoms with Gasteiger partial charge in [-0.25, -0.2) is 14.6 Å². The Kier molecular flexibility index (Phi) is 7.17. The standard InChI is InChI=1S/C21H30N6O9/c1-9-11(6-5-10(19(32)34-3)24-21(33)35-4)27-17(31)13-16(25(2)20(27)23-9)26(8-22-13)18-15(30)14(29)12(7-28)36-18/h8,10,12-16,18,28-30H,5-7H2,1-4H3,(H,24,33)/t10?,12-,13?,14-,15-,16?,18-/m1/s1. The van der Waals surface area contributed by atoms with Gasteiger partial charge in [0.2, 0.25) is 5.95 Å². The number of hydrogen-bond donors (Lipinski definition) is 4. The molecule has 0 aliphatic carbocycles. The Morgan fingerprint density at radius 2 is 1.97 bits per heavy atom. The van der Waals surface area contributed by atoms with E-state index < -0.39 is 61.5 Å². The Morgan fingerprint density at radius 1 is 1.25 bits per heavy atom. The molecule has 4 rings (SSSR count). The minimum absolute atomic E-state index is 0.122. The number of alkyl carbamates (subject to hydrolysis) is 1. The normalized spacial score (nSPS) is 29.7. The molecule has 15 heteroatoms. The van der Waals surface area contributed by atoms with E-state index in [0.717, 1.165) is 0 Å². The maximum atomic E-state index is 13.5. The predicted octanol–water partition coefficient (Wildman–Crippen LogP) is -2.41. The number of methoxy groups -OCH3 is 2. The van der Waals surface area contributed by atoms with Gasteiger partial charge in [0.05, 0.1) is 38.6 Å². The maximum Gasteiger partial charge on any atom is 0.407 e. The first-order valence-corrected chi connectivity index (χ1v) is 11.3. The number of aliphatic hydroxyl groups excluding tert-OH is 3. The summed E-state index contributed by atoms with van der Waals surface area (Å²) in [7, 11) is 4.10. The third-order valence-electron chi connectivity index (χ3n) is 6.73. The van der Waals surface area contributed by atoms with Gasteiger partial charge in [0.15, 0.2) is 12.3 Å². The van der Waals surface area contributed by atoms with E-state index >= 15 is 0 Å². The molecule has 4 heterocycles. The van der Waals surface area contributed by atoms with Crippen LogP contribution < -0.4 is 10.2 Å². The molecule has 0 aromatic carbocycles. The second-order valence-electron chi connectivity index (χ2n) is 8.78. The molecule has 198 valence electrons. The number of aromatic nitrogens is 2. The number of aryl methyl sites for hydroxylation is 1. The molecule has 0 radical (unpaired) electrons. The SMILES string of the molecule is COC(=O)NC(CCc1c(C)nc2n1C(=O)C1N=CN([C@@H]3O[C@H](CO)[C@@H](O)[C@H]3O)C1N2C)C(=O)OC. The van der Waals surface area contributed by atoms with Crippen LogP contribution in [0.2, 0.25) is 0 Å². The lowest BCUT2D eigenvalue weighted by atomic mass is 10.1. The molecule has 0 spiro atoms. The molecule has 1 saturated heterocycles. The molecule has 1 amide bonds. The Hall–Kier alpha value is -3.27. The molecule has 3 aliphatic heterocycles. The van der Waals surface area contributed by atoms with Crippen molar-refractivity contribution >= 4 is 30.3 Å². The highest BCUT2D eigenvalue weighted by atomic mass is 16.6. The summed E-state index contributed by atoms with van der Waals surface area (Å²) in [6.07, 6.45) is -4.39. The Labute approximate surface area is 206 Å². The van der Waals surface area contributed by atoms with Crippen molar-refractivity contribution < 1.29 is 43.9 Å². The van der Waals surface area contributed by atoms with Gasteiger partial charge in [-0.15, -0.1) is 0 Å². The first-order chi connectivity index (χ1) is 17.1. The van der Waals surface area contributed by atoms with Gasteiger partial charge in [-0.2, -0.15) is 0 Å². The Bertz CT molecular complexity index is 1060. The predicted molar refractivity (Wildman–Crippen MR) is 121 cm³/mol. The quantitative estimate of drug-likeness (QED) is 0.285. The third kappa shape index (κ3) is 4.17. The number of aliphatic hydroxyl groups is 3. The summed E-state index contributed by atoms with van der Waals surface area (Å²) in [6, 6.07) is -1.88. The largest absolute Gasteiger partial charge is 0.467 e. The van der Waals surface area contributed by atoms with Gasteiger partial charge in [-0.3, -0.25) is 14.4 Å². The zero-order valence-electron chi connectivity index (χ0n) is 20.3. The van der Waals surface area contributed by atoms with Gasteiger partial charge in [-0.1, -0.05) is 0 Å². The van der Waals surface area contributed by atoms with E-state index in [0.29, 0.717) is 17.3 Å². The first-order valence-electron chi connectivity index (χ1n) is 11.3. The van der Waals surface area contributed by atoms with Crippen LogP contribution in [0.5, 0.6) is 0 Å². The first kappa shape index (κ1) is 25.8. The third-order valence-corrected chi connectivity index (χ3v) is 6.73. The fourth-order valence-corrected chi connectivity index (χ4v) is 4.83. The van der Waals surface area contributed by atoms with Crippen molar-refractivity contribution in [1.82, 2.24) is 19.8 Å². The van der Waals surface area contributed by atoms with Gasteiger partial charge in [0.1, 0.15) is 30.5 Å². The highest BCUT2D eigenvalue weighted by Gasteiger charge is 2.53. The molecule has 0 saturated carbocycles. The van der Waals surface area contributed by atoms with Crippen LogP contribution in [-0.4, -0.2) is 125 Å². The number of fused-ring (bicyclic) bond motifs is 2. The average molecular weight is 511 g/mol. The summed E-state index contributed by atoms with van der Waals surface area (Å²) >= 11 is 0. The van der Waals surface area contributed by atoms with Crippen molar-refractivity contribution in [3.8, 4) is 0 Å². The van der Waals surface area contributed by atoms with E-state index in [4.69, 9.17) is 9.47 Å². The highest BCUT2D eigenvalue weighted by Crippen LogP contribution is 2.36. The van der Waals surface area contributed by atoms with E-state index in [1.54, 1.807) is 18.9 Å². The number of aliphatic imine (C=N–C) groups is 1. The second-order valence-corrected chi connectivity index (χ2v) is 8.78. The van der Waals surface area contributed by atoms with Crippen LogP contribution in [0.4, 0.5) is 10.7 Å².